The Morgan fingerprint density at radius 1 is 1.05 bits per heavy atom. The van der Waals surface area contributed by atoms with Crippen molar-refractivity contribution in [3.63, 3.8) is 0 Å². The van der Waals surface area contributed by atoms with E-state index in [0.717, 1.165) is 23.9 Å². The van der Waals surface area contributed by atoms with Gasteiger partial charge in [0.05, 0.1) is 0 Å². The zero-order valence-corrected chi connectivity index (χ0v) is 13.3. The van der Waals surface area contributed by atoms with Crippen LogP contribution in [0.1, 0.15) is 65.7 Å². The molecule has 2 fully saturated rings. The van der Waals surface area contributed by atoms with Gasteiger partial charge in [-0.1, -0.05) is 33.6 Å². The molecule has 3 atom stereocenters. The number of nitrogens with one attached hydrogen (secondary N) is 1. The summed E-state index contributed by atoms with van der Waals surface area (Å²) in [6, 6.07) is 1.62. The fourth-order valence-corrected chi connectivity index (χ4v) is 3.87. The van der Waals surface area contributed by atoms with E-state index >= 15 is 0 Å². The average molecular weight is 266 g/mol. The minimum absolute atomic E-state index is 0.763. The van der Waals surface area contributed by atoms with Crippen molar-refractivity contribution in [2.45, 2.75) is 77.8 Å². The van der Waals surface area contributed by atoms with E-state index in [9.17, 15) is 0 Å². The average Bonchev–Trinajstić information content (AvgIpc) is 2.76. The molecular formula is C17H34N2. The number of hydrogen-bond donors (Lipinski definition) is 1. The summed E-state index contributed by atoms with van der Waals surface area (Å²) in [5, 5.41) is 3.68. The van der Waals surface area contributed by atoms with Gasteiger partial charge in [0.2, 0.25) is 0 Å². The molecule has 1 heterocycles. The maximum absolute atomic E-state index is 3.68. The van der Waals surface area contributed by atoms with Gasteiger partial charge in [0.15, 0.2) is 0 Å². The molecule has 112 valence electrons. The van der Waals surface area contributed by atoms with Gasteiger partial charge in [0.1, 0.15) is 0 Å². The SMILES string of the molecule is CC(C)CN(CC1CCCN1)C1CCCC(C)CC1. The Labute approximate surface area is 120 Å². The fraction of sp³-hybridized carbons (Fsp3) is 1.00. The van der Waals surface area contributed by atoms with Crippen LogP contribution in [0.4, 0.5) is 0 Å². The fourth-order valence-electron chi connectivity index (χ4n) is 3.87. The van der Waals surface area contributed by atoms with Crippen LogP contribution < -0.4 is 5.32 Å². The maximum Gasteiger partial charge on any atom is 0.0195 e. The molecule has 2 rings (SSSR count). The second-order valence-electron chi connectivity index (χ2n) is 7.41. The van der Waals surface area contributed by atoms with Crippen molar-refractivity contribution in [1.29, 1.82) is 0 Å². The summed E-state index contributed by atoms with van der Waals surface area (Å²) in [6.07, 6.45) is 9.97. The first-order valence-electron chi connectivity index (χ1n) is 8.62. The van der Waals surface area contributed by atoms with Crippen molar-refractivity contribution in [2.75, 3.05) is 19.6 Å². The lowest BCUT2D eigenvalue weighted by molar-refractivity contribution is 0.146. The molecule has 1 N–H and O–H groups in total. The van der Waals surface area contributed by atoms with Crippen LogP contribution in [0.25, 0.3) is 0 Å². The van der Waals surface area contributed by atoms with E-state index in [1.807, 2.05) is 0 Å². The van der Waals surface area contributed by atoms with Gasteiger partial charge >= 0.3 is 0 Å². The van der Waals surface area contributed by atoms with E-state index < -0.39 is 0 Å². The molecular weight excluding hydrogens is 232 g/mol. The van der Waals surface area contributed by atoms with E-state index in [1.54, 1.807) is 0 Å². The Hall–Kier alpha value is -0.0800. The van der Waals surface area contributed by atoms with Crippen LogP contribution >= 0.6 is 0 Å². The van der Waals surface area contributed by atoms with Gasteiger partial charge in [0.25, 0.3) is 0 Å². The third-order valence-corrected chi connectivity index (χ3v) is 4.96. The molecule has 0 aromatic heterocycles. The van der Waals surface area contributed by atoms with Gasteiger partial charge in [0, 0.05) is 25.2 Å². The van der Waals surface area contributed by atoms with Gasteiger partial charge in [-0.15, -0.1) is 0 Å². The van der Waals surface area contributed by atoms with Crippen molar-refractivity contribution in [3.8, 4) is 0 Å². The molecule has 0 aromatic carbocycles. The lowest BCUT2D eigenvalue weighted by Gasteiger charge is -2.34. The highest BCUT2D eigenvalue weighted by molar-refractivity contribution is 4.83. The third kappa shape index (κ3) is 5.07. The highest BCUT2D eigenvalue weighted by Gasteiger charge is 2.26. The quantitative estimate of drug-likeness (QED) is 0.764. The molecule has 0 spiro atoms. The maximum atomic E-state index is 3.68. The van der Waals surface area contributed by atoms with Gasteiger partial charge in [-0.25, -0.2) is 0 Å². The zero-order chi connectivity index (χ0) is 13.7. The highest BCUT2D eigenvalue weighted by Crippen LogP contribution is 2.27. The second-order valence-corrected chi connectivity index (χ2v) is 7.41. The molecule has 3 unspecified atom stereocenters. The topological polar surface area (TPSA) is 15.3 Å². The van der Waals surface area contributed by atoms with E-state index in [4.69, 9.17) is 0 Å². The molecule has 0 bridgehead atoms. The molecule has 2 nitrogen and oxygen atoms in total. The Morgan fingerprint density at radius 2 is 1.89 bits per heavy atom. The van der Waals surface area contributed by atoms with Crippen molar-refractivity contribution in [1.82, 2.24) is 10.2 Å². The zero-order valence-electron chi connectivity index (χ0n) is 13.3. The van der Waals surface area contributed by atoms with Crippen LogP contribution in [-0.2, 0) is 0 Å². The highest BCUT2D eigenvalue weighted by atomic mass is 15.2. The Balaban J connectivity index is 1.90. The standard InChI is InChI=1S/C17H34N2/c1-14(2)12-19(13-16-7-5-11-18-16)17-8-4-6-15(3)9-10-17/h14-18H,4-13H2,1-3H3. The summed E-state index contributed by atoms with van der Waals surface area (Å²) in [4.78, 5) is 2.83. The number of nitrogens with zero attached hydrogens (tertiary/aromatic N) is 1. The van der Waals surface area contributed by atoms with Crippen LogP contribution in [-0.4, -0.2) is 36.6 Å². The molecule has 2 aliphatic rings. The predicted octanol–water partition coefficient (Wildman–Crippen LogP) is 3.67. The van der Waals surface area contributed by atoms with E-state index in [-0.39, 0.29) is 0 Å². The molecule has 2 heteroatoms. The van der Waals surface area contributed by atoms with E-state index in [1.165, 1.54) is 64.6 Å². The smallest absolute Gasteiger partial charge is 0.0195 e. The minimum atomic E-state index is 0.763. The molecule has 1 saturated carbocycles. The van der Waals surface area contributed by atoms with Gasteiger partial charge in [-0.2, -0.15) is 0 Å². The number of hydrogen-bond acceptors (Lipinski definition) is 2. The Morgan fingerprint density at radius 3 is 2.58 bits per heavy atom. The minimum Gasteiger partial charge on any atom is -0.313 e. The molecule has 1 saturated heterocycles. The first-order chi connectivity index (χ1) is 9.15. The molecule has 1 aliphatic carbocycles. The third-order valence-electron chi connectivity index (χ3n) is 4.96. The van der Waals surface area contributed by atoms with Crippen LogP contribution in [0.15, 0.2) is 0 Å². The van der Waals surface area contributed by atoms with Gasteiger partial charge < -0.3 is 5.32 Å². The summed E-state index contributed by atoms with van der Waals surface area (Å²) < 4.78 is 0. The van der Waals surface area contributed by atoms with Crippen molar-refractivity contribution < 1.29 is 0 Å². The van der Waals surface area contributed by atoms with Crippen LogP contribution in [0, 0.1) is 11.8 Å². The predicted molar refractivity (Wildman–Crippen MR) is 83.5 cm³/mol. The van der Waals surface area contributed by atoms with Crippen LogP contribution in [0.5, 0.6) is 0 Å². The molecule has 0 aromatic rings. The lowest BCUT2D eigenvalue weighted by Crippen LogP contribution is -2.45. The molecule has 0 amide bonds. The molecule has 0 radical (unpaired) electrons. The van der Waals surface area contributed by atoms with Crippen LogP contribution in [0.3, 0.4) is 0 Å². The normalized spacial score (nSPS) is 33.0. The Kier molecular flexibility index (Phi) is 6.15. The number of rotatable bonds is 5. The summed E-state index contributed by atoms with van der Waals surface area (Å²) >= 11 is 0. The van der Waals surface area contributed by atoms with E-state index in [2.05, 4.69) is 31.0 Å². The first kappa shape index (κ1) is 15.3. The van der Waals surface area contributed by atoms with Crippen molar-refractivity contribution in [2.24, 2.45) is 11.8 Å². The molecule has 19 heavy (non-hydrogen) atoms. The lowest BCUT2D eigenvalue weighted by atomic mass is 10.0. The summed E-state index contributed by atoms with van der Waals surface area (Å²) in [6.45, 7) is 11.0. The van der Waals surface area contributed by atoms with Crippen LogP contribution in [0.2, 0.25) is 0 Å². The molecule has 1 aliphatic heterocycles. The van der Waals surface area contributed by atoms with Gasteiger partial charge in [-0.3, -0.25) is 4.90 Å². The Bertz CT molecular complexity index is 246. The summed E-state index contributed by atoms with van der Waals surface area (Å²) in [5.41, 5.74) is 0. The van der Waals surface area contributed by atoms with E-state index in [0.29, 0.717) is 0 Å². The van der Waals surface area contributed by atoms with Crippen molar-refractivity contribution in [3.05, 3.63) is 0 Å². The second kappa shape index (κ2) is 7.64. The summed E-state index contributed by atoms with van der Waals surface area (Å²) in [7, 11) is 0. The van der Waals surface area contributed by atoms with Crippen molar-refractivity contribution >= 4 is 0 Å². The van der Waals surface area contributed by atoms with Gasteiger partial charge in [-0.05, 0) is 50.5 Å². The summed E-state index contributed by atoms with van der Waals surface area (Å²) in [5.74, 6) is 1.75. The largest absolute Gasteiger partial charge is 0.313 e. The first-order valence-corrected chi connectivity index (χ1v) is 8.62. The monoisotopic (exact) mass is 266 g/mol.